The molecule has 0 spiro atoms. The summed E-state index contributed by atoms with van der Waals surface area (Å²) in [7, 11) is 1.54. The van der Waals surface area contributed by atoms with Gasteiger partial charge in [0.1, 0.15) is 6.33 Å². The van der Waals surface area contributed by atoms with E-state index in [9.17, 15) is 0 Å². The number of ether oxygens (including phenoxy) is 1. The smallest absolute Gasteiger partial charge is 0.216 e. The Morgan fingerprint density at radius 2 is 2.11 bits per heavy atom. The third kappa shape index (κ3) is 2.69. The second kappa shape index (κ2) is 5.54. The Labute approximate surface area is 116 Å². The van der Waals surface area contributed by atoms with Crippen molar-refractivity contribution < 1.29 is 4.74 Å². The van der Waals surface area contributed by atoms with Gasteiger partial charge in [-0.1, -0.05) is 11.6 Å². The van der Waals surface area contributed by atoms with E-state index in [2.05, 4.69) is 15.1 Å². The molecule has 0 aliphatic heterocycles. The first-order chi connectivity index (χ1) is 9.04. The summed E-state index contributed by atoms with van der Waals surface area (Å²) in [4.78, 5) is 8.13. The van der Waals surface area contributed by atoms with Gasteiger partial charge in [0.15, 0.2) is 0 Å². The van der Waals surface area contributed by atoms with Gasteiger partial charge >= 0.3 is 0 Å². The van der Waals surface area contributed by atoms with Crippen LogP contribution in [0.1, 0.15) is 37.3 Å². The molecule has 19 heavy (non-hydrogen) atoms. The molecule has 0 fully saturated rings. The molecular weight excluding hydrogens is 266 g/mol. The summed E-state index contributed by atoms with van der Waals surface area (Å²) in [5, 5.41) is 4.76. The normalized spacial score (nSPS) is 12.7. The van der Waals surface area contributed by atoms with Gasteiger partial charge in [-0.05, 0) is 13.8 Å². The molecule has 102 valence electrons. The number of halogens is 1. The van der Waals surface area contributed by atoms with Crippen molar-refractivity contribution in [2.24, 2.45) is 5.73 Å². The highest BCUT2D eigenvalue weighted by molar-refractivity contribution is 6.31. The average Bonchev–Trinajstić information content (AvgIpc) is 2.80. The molecule has 6 nitrogen and oxygen atoms in total. The van der Waals surface area contributed by atoms with E-state index in [0.29, 0.717) is 16.6 Å². The zero-order valence-corrected chi connectivity index (χ0v) is 11.8. The summed E-state index contributed by atoms with van der Waals surface area (Å²) >= 11 is 6.17. The van der Waals surface area contributed by atoms with Gasteiger partial charge in [-0.15, -0.1) is 0 Å². The summed E-state index contributed by atoms with van der Waals surface area (Å²) in [5.41, 5.74) is 7.60. The van der Waals surface area contributed by atoms with Crippen LogP contribution in [-0.2, 0) is 0 Å². The lowest BCUT2D eigenvalue weighted by Crippen LogP contribution is -2.20. The molecule has 7 heteroatoms. The molecule has 2 rings (SSSR count). The fraction of sp³-hybridized carbons (Fsp3) is 0.417. The number of nitrogens with two attached hydrogens (primary N) is 1. The van der Waals surface area contributed by atoms with E-state index in [1.807, 2.05) is 13.8 Å². The number of hydrogen-bond donors (Lipinski definition) is 1. The topological polar surface area (TPSA) is 78.9 Å². The largest absolute Gasteiger partial charge is 0.481 e. The minimum atomic E-state index is -0.478. The number of methoxy groups -OCH3 is 1. The van der Waals surface area contributed by atoms with E-state index in [-0.39, 0.29) is 6.04 Å². The molecule has 0 saturated carbocycles. The van der Waals surface area contributed by atoms with Crippen LogP contribution in [0.3, 0.4) is 0 Å². The molecule has 1 atom stereocenters. The zero-order valence-electron chi connectivity index (χ0n) is 11.0. The molecule has 2 aromatic rings. The van der Waals surface area contributed by atoms with Crippen LogP contribution >= 0.6 is 11.6 Å². The highest BCUT2D eigenvalue weighted by Crippen LogP contribution is 2.28. The summed E-state index contributed by atoms with van der Waals surface area (Å²) in [6, 6.07) is 1.38. The Balaban J connectivity index is 2.43. The molecule has 0 saturated heterocycles. The number of aromatic nitrogens is 4. The maximum absolute atomic E-state index is 6.23. The van der Waals surface area contributed by atoms with Crippen molar-refractivity contribution in [2.45, 2.75) is 25.9 Å². The van der Waals surface area contributed by atoms with Gasteiger partial charge in [0.2, 0.25) is 5.88 Å². The quantitative estimate of drug-likeness (QED) is 0.927. The van der Waals surface area contributed by atoms with E-state index >= 15 is 0 Å². The van der Waals surface area contributed by atoms with Gasteiger partial charge in [0.05, 0.1) is 35.8 Å². The van der Waals surface area contributed by atoms with Gasteiger partial charge in [-0.3, -0.25) is 4.68 Å². The predicted octanol–water partition coefficient (Wildman–Crippen LogP) is 1.96. The summed E-state index contributed by atoms with van der Waals surface area (Å²) in [6.07, 6.45) is 3.01. The Hall–Kier alpha value is -1.66. The lowest BCUT2D eigenvalue weighted by Gasteiger charge is -2.17. The zero-order chi connectivity index (χ0) is 14.0. The summed E-state index contributed by atoms with van der Waals surface area (Å²) in [6.45, 7) is 4.03. The Morgan fingerprint density at radius 1 is 1.37 bits per heavy atom. The number of rotatable bonds is 4. The Kier molecular flexibility index (Phi) is 4.01. The molecule has 0 bridgehead atoms. The first-order valence-corrected chi connectivity index (χ1v) is 6.26. The second-order valence-corrected chi connectivity index (χ2v) is 4.79. The maximum atomic E-state index is 6.23. The molecule has 1 unspecified atom stereocenters. The maximum Gasteiger partial charge on any atom is 0.216 e. The molecular formula is C12H16ClN5O. The van der Waals surface area contributed by atoms with Crippen LogP contribution < -0.4 is 10.5 Å². The van der Waals surface area contributed by atoms with Gasteiger partial charge in [0, 0.05) is 12.1 Å². The monoisotopic (exact) mass is 281 g/mol. The van der Waals surface area contributed by atoms with Crippen molar-refractivity contribution in [3.63, 3.8) is 0 Å². The summed E-state index contributed by atoms with van der Waals surface area (Å²) in [5.74, 6) is 0.465. The van der Waals surface area contributed by atoms with Crippen molar-refractivity contribution in [2.75, 3.05) is 7.11 Å². The highest BCUT2D eigenvalue weighted by atomic mass is 35.5. The van der Waals surface area contributed by atoms with Gasteiger partial charge in [-0.25, -0.2) is 9.97 Å². The standard InChI is InChI=1S/C12H16ClN5O/c1-7(2)18-12(8(13)5-17-18)11(14)9-4-10(19-3)16-6-15-9/h4-7,11H,14H2,1-3H3. The summed E-state index contributed by atoms with van der Waals surface area (Å²) < 4.78 is 6.86. The van der Waals surface area contributed by atoms with Crippen LogP contribution in [0.5, 0.6) is 5.88 Å². The number of hydrogen-bond acceptors (Lipinski definition) is 5. The van der Waals surface area contributed by atoms with Crippen LogP contribution in [0.15, 0.2) is 18.6 Å². The fourth-order valence-electron chi connectivity index (χ4n) is 1.83. The van der Waals surface area contributed by atoms with E-state index in [1.54, 1.807) is 24.1 Å². The lowest BCUT2D eigenvalue weighted by molar-refractivity contribution is 0.395. The minimum Gasteiger partial charge on any atom is -0.481 e. The second-order valence-electron chi connectivity index (χ2n) is 4.38. The predicted molar refractivity (Wildman–Crippen MR) is 72.2 cm³/mol. The van der Waals surface area contributed by atoms with Crippen molar-refractivity contribution in [1.82, 2.24) is 19.7 Å². The SMILES string of the molecule is COc1cc(C(N)c2c(Cl)cnn2C(C)C)ncn1. The Bertz CT molecular complexity index is 569. The van der Waals surface area contributed by atoms with Crippen LogP contribution in [0, 0.1) is 0 Å². The highest BCUT2D eigenvalue weighted by Gasteiger charge is 2.21. The molecule has 2 heterocycles. The first kappa shape index (κ1) is 13.8. The average molecular weight is 282 g/mol. The van der Waals surface area contributed by atoms with Crippen LogP contribution in [0.2, 0.25) is 5.02 Å². The van der Waals surface area contributed by atoms with Crippen molar-refractivity contribution in [1.29, 1.82) is 0 Å². The molecule has 0 aromatic carbocycles. The molecule has 0 amide bonds. The van der Waals surface area contributed by atoms with Crippen molar-refractivity contribution in [3.8, 4) is 5.88 Å². The molecule has 0 aliphatic rings. The van der Waals surface area contributed by atoms with E-state index < -0.39 is 6.04 Å². The van der Waals surface area contributed by atoms with Crippen molar-refractivity contribution in [3.05, 3.63) is 35.0 Å². The molecule has 0 aliphatic carbocycles. The van der Waals surface area contributed by atoms with Gasteiger partial charge in [0.25, 0.3) is 0 Å². The van der Waals surface area contributed by atoms with E-state index in [1.165, 1.54) is 6.33 Å². The first-order valence-electron chi connectivity index (χ1n) is 5.89. The third-order valence-corrected chi connectivity index (χ3v) is 3.05. The molecule has 0 radical (unpaired) electrons. The van der Waals surface area contributed by atoms with Crippen LogP contribution in [0.25, 0.3) is 0 Å². The number of nitrogens with zero attached hydrogens (tertiary/aromatic N) is 4. The van der Waals surface area contributed by atoms with E-state index in [0.717, 1.165) is 5.69 Å². The molecule has 2 aromatic heterocycles. The van der Waals surface area contributed by atoms with Crippen molar-refractivity contribution >= 4 is 11.6 Å². The van der Waals surface area contributed by atoms with Crippen LogP contribution in [0.4, 0.5) is 0 Å². The van der Waals surface area contributed by atoms with E-state index in [4.69, 9.17) is 22.1 Å². The lowest BCUT2D eigenvalue weighted by atomic mass is 10.1. The van der Waals surface area contributed by atoms with Gasteiger partial charge < -0.3 is 10.5 Å². The third-order valence-electron chi connectivity index (χ3n) is 2.76. The Morgan fingerprint density at radius 3 is 2.74 bits per heavy atom. The fourth-order valence-corrected chi connectivity index (χ4v) is 2.08. The van der Waals surface area contributed by atoms with Gasteiger partial charge in [-0.2, -0.15) is 5.10 Å². The molecule has 2 N–H and O–H groups in total. The van der Waals surface area contributed by atoms with Crippen LogP contribution in [-0.4, -0.2) is 26.9 Å². The minimum absolute atomic E-state index is 0.164.